The lowest BCUT2D eigenvalue weighted by Crippen LogP contribution is -2.02. The third kappa shape index (κ3) is 2.81. The summed E-state index contributed by atoms with van der Waals surface area (Å²) in [5.74, 6) is -1.12. The average molecular weight is 221 g/mol. The van der Waals surface area contributed by atoms with Gasteiger partial charge in [-0.15, -0.1) is 0 Å². The number of nitrogens with zero attached hydrogens (tertiary/aromatic N) is 1. The molecule has 0 saturated heterocycles. The smallest absolute Gasteiger partial charge is 0.449 e. The molecule has 0 aliphatic carbocycles. The van der Waals surface area contributed by atoms with Gasteiger partial charge in [-0.25, -0.2) is 0 Å². The van der Waals surface area contributed by atoms with Crippen LogP contribution in [-0.4, -0.2) is 0 Å². The summed E-state index contributed by atoms with van der Waals surface area (Å²) < 4.78 is 41.0. The SMILES string of the molecule is CCCC(N=O)c1ccc(C(F)(F)F)o1. The zero-order chi connectivity index (χ0) is 11.5. The normalized spacial score (nSPS) is 13.9. The van der Waals surface area contributed by atoms with Crippen LogP contribution in [0.25, 0.3) is 0 Å². The Hall–Kier alpha value is -1.33. The lowest BCUT2D eigenvalue weighted by atomic mass is 10.1. The monoisotopic (exact) mass is 221 g/mol. The highest BCUT2D eigenvalue weighted by atomic mass is 19.4. The molecule has 0 fully saturated rings. The summed E-state index contributed by atoms with van der Waals surface area (Å²) >= 11 is 0. The number of alkyl halides is 3. The van der Waals surface area contributed by atoms with Crippen LogP contribution in [0.3, 0.4) is 0 Å². The number of halogens is 3. The minimum absolute atomic E-state index is 0.0285. The first-order chi connectivity index (χ1) is 6.99. The van der Waals surface area contributed by atoms with Crippen LogP contribution in [0.5, 0.6) is 0 Å². The van der Waals surface area contributed by atoms with Crippen molar-refractivity contribution >= 4 is 0 Å². The van der Waals surface area contributed by atoms with E-state index < -0.39 is 18.0 Å². The molecule has 0 saturated carbocycles. The van der Waals surface area contributed by atoms with Gasteiger partial charge in [0, 0.05) is 0 Å². The maximum atomic E-state index is 12.2. The van der Waals surface area contributed by atoms with Crippen LogP contribution in [0.2, 0.25) is 0 Å². The highest BCUT2D eigenvalue weighted by Gasteiger charge is 2.35. The van der Waals surface area contributed by atoms with E-state index in [1.54, 1.807) is 0 Å². The summed E-state index contributed by atoms with van der Waals surface area (Å²) in [6.07, 6.45) is -3.48. The van der Waals surface area contributed by atoms with E-state index in [1.807, 2.05) is 6.92 Å². The third-order valence-corrected chi connectivity index (χ3v) is 1.92. The second-order valence-electron chi connectivity index (χ2n) is 3.11. The van der Waals surface area contributed by atoms with Crippen LogP contribution in [0.1, 0.15) is 37.3 Å². The fourth-order valence-electron chi connectivity index (χ4n) is 1.20. The summed E-state index contributed by atoms with van der Waals surface area (Å²) in [5, 5.41) is 2.73. The fraction of sp³-hybridized carbons (Fsp3) is 0.556. The molecule has 0 aliphatic heterocycles. The van der Waals surface area contributed by atoms with Crippen LogP contribution in [0.4, 0.5) is 13.2 Å². The topological polar surface area (TPSA) is 42.6 Å². The fourth-order valence-corrected chi connectivity index (χ4v) is 1.20. The molecule has 1 heterocycles. The molecule has 0 amide bonds. The molecular weight excluding hydrogens is 211 g/mol. The van der Waals surface area contributed by atoms with Gasteiger partial charge in [-0.2, -0.15) is 18.1 Å². The molecule has 1 atom stereocenters. The van der Waals surface area contributed by atoms with Crippen LogP contribution < -0.4 is 0 Å². The standard InChI is InChI=1S/C9H10F3NO2/c1-2-3-6(13-14)7-4-5-8(15-7)9(10,11)12/h4-6H,2-3H2,1H3. The first kappa shape index (κ1) is 11.7. The maximum Gasteiger partial charge on any atom is 0.449 e. The molecule has 3 nitrogen and oxygen atoms in total. The molecule has 0 bridgehead atoms. The van der Waals surface area contributed by atoms with Gasteiger partial charge in [-0.05, 0) is 18.6 Å². The number of hydrogen-bond donors (Lipinski definition) is 0. The first-order valence-electron chi connectivity index (χ1n) is 4.48. The van der Waals surface area contributed by atoms with Crippen molar-refractivity contribution in [1.82, 2.24) is 0 Å². The van der Waals surface area contributed by atoms with Crippen molar-refractivity contribution in [2.75, 3.05) is 0 Å². The van der Waals surface area contributed by atoms with Gasteiger partial charge in [0.15, 0.2) is 0 Å². The van der Waals surface area contributed by atoms with Gasteiger partial charge in [0.25, 0.3) is 0 Å². The molecule has 1 rings (SSSR count). The van der Waals surface area contributed by atoms with Crippen molar-refractivity contribution in [3.05, 3.63) is 28.6 Å². The largest absolute Gasteiger partial charge is 0.454 e. The zero-order valence-electron chi connectivity index (χ0n) is 8.04. The lowest BCUT2D eigenvalue weighted by Gasteiger charge is -2.04. The Kier molecular flexibility index (Phi) is 3.49. The molecule has 0 spiro atoms. The highest BCUT2D eigenvalue weighted by Crippen LogP contribution is 2.33. The van der Waals surface area contributed by atoms with E-state index in [0.717, 1.165) is 12.1 Å². The second-order valence-corrected chi connectivity index (χ2v) is 3.11. The highest BCUT2D eigenvalue weighted by molar-refractivity contribution is 5.13. The summed E-state index contributed by atoms with van der Waals surface area (Å²) in [5.41, 5.74) is 0. The molecule has 1 aromatic rings. The lowest BCUT2D eigenvalue weighted by molar-refractivity contribution is -0.153. The van der Waals surface area contributed by atoms with E-state index in [9.17, 15) is 18.1 Å². The zero-order valence-corrected chi connectivity index (χ0v) is 8.04. The van der Waals surface area contributed by atoms with Crippen LogP contribution in [-0.2, 0) is 6.18 Å². The summed E-state index contributed by atoms with van der Waals surface area (Å²) in [7, 11) is 0. The summed E-state index contributed by atoms with van der Waals surface area (Å²) in [6, 6.07) is 1.12. The number of nitroso groups, excluding NO2 is 1. The van der Waals surface area contributed by atoms with Gasteiger partial charge in [-0.3, -0.25) is 0 Å². The number of hydrogen-bond acceptors (Lipinski definition) is 3. The molecule has 1 unspecified atom stereocenters. The molecular formula is C9H10F3NO2. The van der Waals surface area contributed by atoms with Crippen molar-refractivity contribution in [2.24, 2.45) is 5.18 Å². The van der Waals surface area contributed by atoms with E-state index in [4.69, 9.17) is 0 Å². The Morgan fingerprint density at radius 1 is 1.47 bits per heavy atom. The molecule has 15 heavy (non-hydrogen) atoms. The molecule has 6 heteroatoms. The van der Waals surface area contributed by atoms with Crippen molar-refractivity contribution in [2.45, 2.75) is 32.0 Å². The van der Waals surface area contributed by atoms with Crippen molar-refractivity contribution in [1.29, 1.82) is 0 Å². The minimum atomic E-state index is -4.52. The van der Waals surface area contributed by atoms with Crippen molar-refractivity contribution in [3.63, 3.8) is 0 Å². The van der Waals surface area contributed by atoms with Gasteiger partial charge in [0.1, 0.15) is 11.8 Å². The van der Waals surface area contributed by atoms with Gasteiger partial charge in [-0.1, -0.05) is 18.5 Å². The van der Waals surface area contributed by atoms with Crippen LogP contribution >= 0.6 is 0 Å². The minimum Gasteiger partial charge on any atom is -0.454 e. The van der Waals surface area contributed by atoms with Crippen LogP contribution in [0.15, 0.2) is 21.7 Å². The Morgan fingerprint density at radius 3 is 2.53 bits per heavy atom. The van der Waals surface area contributed by atoms with Gasteiger partial charge >= 0.3 is 6.18 Å². The van der Waals surface area contributed by atoms with Gasteiger partial charge in [0.2, 0.25) is 5.76 Å². The predicted octanol–water partition coefficient (Wildman–Crippen LogP) is 3.91. The van der Waals surface area contributed by atoms with E-state index in [0.29, 0.717) is 12.8 Å². The second kappa shape index (κ2) is 4.46. The third-order valence-electron chi connectivity index (χ3n) is 1.92. The molecule has 0 aliphatic rings. The van der Waals surface area contributed by atoms with E-state index in [-0.39, 0.29) is 5.76 Å². The van der Waals surface area contributed by atoms with Gasteiger partial charge < -0.3 is 4.42 Å². The molecule has 84 valence electrons. The van der Waals surface area contributed by atoms with E-state index >= 15 is 0 Å². The average Bonchev–Trinajstić information content (AvgIpc) is 2.62. The molecule has 0 radical (unpaired) electrons. The Balaban J connectivity index is 2.87. The maximum absolute atomic E-state index is 12.2. The summed E-state index contributed by atoms with van der Waals surface area (Å²) in [4.78, 5) is 10.4. The van der Waals surface area contributed by atoms with Crippen LogP contribution in [0, 0.1) is 4.91 Å². The molecule has 0 aromatic carbocycles. The molecule has 1 aromatic heterocycles. The van der Waals surface area contributed by atoms with Crippen molar-refractivity contribution in [3.8, 4) is 0 Å². The number of furan rings is 1. The molecule has 0 N–H and O–H groups in total. The van der Waals surface area contributed by atoms with E-state index in [2.05, 4.69) is 9.59 Å². The van der Waals surface area contributed by atoms with Crippen molar-refractivity contribution < 1.29 is 17.6 Å². The van der Waals surface area contributed by atoms with Gasteiger partial charge in [0.05, 0.1) is 0 Å². The quantitative estimate of drug-likeness (QED) is 0.723. The summed E-state index contributed by atoms with van der Waals surface area (Å²) in [6.45, 7) is 1.81. The predicted molar refractivity (Wildman–Crippen MR) is 47.2 cm³/mol. The first-order valence-corrected chi connectivity index (χ1v) is 4.48. The Morgan fingerprint density at radius 2 is 2.13 bits per heavy atom. The van der Waals surface area contributed by atoms with E-state index in [1.165, 1.54) is 0 Å². The Bertz CT molecular complexity index is 332. The number of rotatable bonds is 4. The Labute approximate surface area is 84.2 Å².